The number of nitrogens with one attached hydrogen (secondary N) is 1. The fraction of sp³-hybridized carbons (Fsp3) is 0.455. The van der Waals surface area contributed by atoms with E-state index >= 15 is 0 Å². The van der Waals surface area contributed by atoms with Crippen molar-refractivity contribution in [1.29, 1.82) is 0 Å². The topological polar surface area (TPSA) is 94.5 Å². The van der Waals surface area contributed by atoms with Gasteiger partial charge in [-0.25, -0.2) is 15.8 Å². The Morgan fingerprint density at radius 3 is 2.79 bits per heavy atom. The largest absolute Gasteiger partial charge is 0.311 e. The summed E-state index contributed by atoms with van der Waals surface area (Å²) in [6.07, 6.45) is 3.47. The molecule has 19 heavy (non-hydrogen) atoms. The van der Waals surface area contributed by atoms with Crippen molar-refractivity contribution < 1.29 is 0 Å². The summed E-state index contributed by atoms with van der Waals surface area (Å²) in [5, 5.41) is 9.54. The predicted octanol–water partition coefficient (Wildman–Crippen LogP) is 1.30. The van der Waals surface area contributed by atoms with Gasteiger partial charge in [0.15, 0.2) is 5.16 Å². The number of hydrazine groups is 1. The molecule has 2 heterocycles. The van der Waals surface area contributed by atoms with Crippen LogP contribution < -0.4 is 11.3 Å². The molecule has 2 aromatic heterocycles. The lowest BCUT2D eigenvalue weighted by molar-refractivity contribution is 0.777. The van der Waals surface area contributed by atoms with E-state index in [2.05, 4.69) is 32.5 Å². The second-order valence-electron chi connectivity index (χ2n) is 4.14. The third-order valence-corrected chi connectivity index (χ3v) is 3.76. The maximum Gasteiger partial charge on any atom is 0.197 e. The van der Waals surface area contributed by atoms with Gasteiger partial charge in [-0.2, -0.15) is 0 Å². The molecule has 7 nitrogen and oxygen atoms in total. The molecular weight excluding hydrogens is 262 g/mol. The Morgan fingerprint density at radius 2 is 2.21 bits per heavy atom. The zero-order valence-corrected chi connectivity index (χ0v) is 12.0. The van der Waals surface area contributed by atoms with E-state index in [1.807, 2.05) is 18.5 Å². The van der Waals surface area contributed by atoms with Gasteiger partial charge in [-0.3, -0.25) is 0 Å². The number of aryl methyl sites for hydroxylation is 2. The number of aromatic nitrogens is 5. The molecule has 0 aromatic carbocycles. The monoisotopic (exact) mass is 279 g/mol. The van der Waals surface area contributed by atoms with E-state index < -0.39 is 0 Å². The van der Waals surface area contributed by atoms with Crippen molar-refractivity contribution >= 4 is 17.6 Å². The lowest BCUT2D eigenvalue weighted by atomic mass is 10.3. The van der Waals surface area contributed by atoms with Crippen LogP contribution in [0, 0.1) is 6.92 Å². The Kier molecular flexibility index (Phi) is 4.33. The van der Waals surface area contributed by atoms with Gasteiger partial charge in [0, 0.05) is 19.0 Å². The molecular formula is C11H17N7S. The third-order valence-electron chi connectivity index (χ3n) is 2.62. The van der Waals surface area contributed by atoms with E-state index in [4.69, 9.17) is 5.84 Å². The van der Waals surface area contributed by atoms with Crippen LogP contribution in [-0.4, -0.2) is 24.7 Å². The van der Waals surface area contributed by atoms with Crippen LogP contribution >= 0.6 is 11.8 Å². The van der Waals surface area contributed by atoms with Gasteiger partial charge >= 0.3 is 0 Å². The number of nitrogens with zero attached hydrogens (tertiary/aromatic N) is 5. The van der Waals surface area contributed by atoms with Gasteiger partial charge in [0.2, 0.25) is 0 Å². The van der Waals surface area contributed by atoms with Gasteiger partial charge in [0.05, 0.1) is 0 Å². The van der Waals surface area contributed by atoms with E-state index in [0.717, 1.165) is 34.4 Å². The Labute approximate surface area is 116 Å². The lowest BCUT2D eigenvalue weighted by Gasteiger charge is -2.10. The van der Waals surface area contributed by atoms with Gasteiger partial charge in [0.1, 0.15) is 23.0 Å². The number of anilines is 1. The van der Waals surface area contributed by atoms with Gasteiger partial charge in [-0.05, 0) is 25.1 Å². The third kappa shape index (κ3) is 3.02. The minimum absolute atomic E-state index is 0.656. The average molecular weight is 279 g/mol. The van der Waals surface area contributed by atoms with Crippen molar-refractivity contribution in [3.8, 4) is 0 Å². The Hall–Kier alpha value is -1.67. The van der Waals surface area contributed by atoms with Crippen LogP contribution in [0.1, 0.15) is 24.7 Å². The summed E-state index contributed by atoms with van der Waals surface area (Å²) in [6, 6.07) is 0. The molecule has 0 atom stereocenters. The number of hydrogen-bond acceptors (Lipinski definition) is 7. The molecule has 8 heteroatoms. The minimum Gasteiger partial charge on any atom is -0.311 e. The minimum atomic E-state index is 0.656. The summed E-state index contributed by atoms with van der Waals surface area (Å²) in [5.74, 6) is 6.94. The number of nitrogen functional groups attached to an aromatic ring is 1. The molecule has 0 saturated carbocycles. The number of nitrogens with two attached hydrogens (primary N) is 1. The summed E-state index contributed by atoms with van der Waals surface area (Å²) in [7, 11) is 1.90. The first-order valence-corrected chi connectivity index (χ1v) is 6.83. The molecule has 0 aliphatic heterocycles. The van der Waals surface area contributed by atoms with Crippen LogP contribution in [0.4, 0.5) is 5.82 Å². The molecule has 0 aliphatic carbocycles. The molecule has 3 N–H and O–H groups in total. The summed E-state index contributed by atoms with van der Waals surface area (Å²) in [4.78, 5) is 8.95. The average Bonchev–Trinajstić information content (AvgIpc) is 2.79. The molecule has 0 amide bonds. The summed E-state index contributed by atoms with van der Waals surface area (Å²) >= 11 is 1.46. The maximum atomic E-state index is 5.51. The van der Waals surface area contributed by atoms with Crippen LogP contribution in [0.25, 0.3) is 0 Å². The quantitative estimate of drug-likeness (QED) is 0.484. The van der Waals surface area contributed by atoms with Crippen LogP contribution in [0.15, 0.2) is 16.5 Å². The first-order chi connectivity index (χ1) is 9.15. The molecule has 102 valence electrons. The normalized spacial score (nSPS) is 10.7. The van der Waals surface area contributed by atoms with E-state index in [1.165, 1.54) is 11.8 Å². The molecule has 0 fully saturated rings. The van der Waals surface area contributed by atoms with Crippen LogP contribution in [0.3, 0.4) is 0 Å². The van der Waals surface area contributed by atoms with Gasteiger partial charge in [-0.1, -0.05) is 6.92 Å². The van der Waals surface area contributed by atoms with Crippen LogP contribution in [0.2, 0.25) is 0 Å². The highest BCUT2D eigenvalue weighted by Gasteiger charge is 2.13. The standard InChI is InChI=1S/C11H17N7S/c1-4-5-8-14-9(16-12)7(2)10(15-8)19-11-17-13-6-18(11)3/h6H,4-5,12H2,1-3H3,(H,14,15,16). The lowest BCUT2D eigenvalue weighted by Crippen LogP contribution is -2.13. The van der Waals surface area contributed by atoms with Crippen molar-refractivity contribution in [3.63, 3.8) is 0 Å². The number of hydrogen-bond donors (Lipinski definition) is 2. The number of rotatable bonds is 5. The molecule has 0 bridgehead atoms. The van der Waals surface area contributed by atoms with Crippen LogP contribution in [0.5, 0.6) is 0 Å². The smallest absolute Gasteiger partial charge is 0.197 e. The van der Waals surface area contributed by atoms with Crippen molar-refractivity contribution in [2.75, 3.05) is 5.43 Å². The second kappa shape index (κ2) is 5.98. The molecule has 0 aliphatic rings. The Bertz CT molecular complexity index is 566. The fourth-order valence-electron chi connectivity index (χ4n) is 1.57. The zero-order valence-electron chi connectivity index (χ0n) is 11.2. The van der Waals surface area contributed by atoms with E-state index in [9.17, 15) is 0 Å². The summed E-state index contributed by atoms with van der Waals surface area (Å²) in [6.45, 7) is 4.03. The SMILES string of the molecule is CCCc1nc(NN)c(C)c(Sc2nncn2C)n1. The fourth-order valence-corrected chi connectivity index (χ4v) is 2.42. The first-order valence-electron chi connectivity index (χ1n) is 6.01. The Morgan fingerprint density at radius 1 is 1.42 bits per heavy atom. The highest BCUT2D eigenvalue weighted by Crippen LogP contribution is 2.29. The van der Waals surface area contributed by atoms with E-state index in [0.29, 0.717) is 5.82 Å². The first kappa shape index (κ1) is 13.8. The van der Waals surface area contributed by atoms with Crippen molar-refractivity contribution in [2.45, 2.75) is 36.9 Å². The highest BCUT2D eigenvalue weighted by molar-refractivity contribution is 7.99. The second-order valence-corrected chi connectivity index (χ2v) is 5.10. The maximum absolute atomic E-state index is 5.51. The van der Waals surface area contributed by atoms with Crippen LogP contribution in [-0.2, 0) is 13.5 Å². The molecule has 0 spiro atoms. The van der Waals surface area contributed by atoms with Gasteiger partial charge in [0.25, 0.3) is 0 Å². The van der Waals surface area contributed by atoms with E-state index in [-0.39, 0.29) is 0 Å². The van der Waals surface area contributed by atoms with Gasteiger partial charge < -0.3 is 9.99 Å². The molecule has 0 unspecified atom stereocenters. The molecule has 0 saturated heterocycles. The van der Waals surface area contributed by atoms with Crippen molar-refractivity contribution in [1.82, 2.24) is 24.7 Å². The molecule has 2 aromatic rings. The predicted molar refractivity (Wildman–Crippen MR) is 73.7 cm³/mol. The van der Waals surface area contributed by atoms with Gasteiger partial charge in [-0.15, -0.1) is 10.2 Å². The van der Waals surface area contributed by atoms with Crippen molar-refractivity contribution in [3.05, 3.63) is 17.7 Å². The highest BCUT2D eigenvalue weighted by atomic mass is 32.2. The summed E-state index contributed by atoms with van der Waals surface area (Å²) in [5.41, 5.74) is 3.53. The zero-order chi connectivity index (χ0) is 13.8. The summed E-state index contributed by atoms with van der Waals surface area (Å²) < 4.78 is 1.85. The Balaban J connectivity index is 2.37. The van der Waals surface area contributed by atoms with Crippen molar-refractivity contribution in [2.24, 2.45) is 12.9 Å². The van der Waals surface area contributed by atoms with E-state index in [1.54, 1.807) is 6.33 Å². The molecule has 2 rings (SSSR count). The molecule has 0 radical (unpaired) electrons.